The van der Waals surface area contributed by atoms with Crippen molar-refractivity contribution in [1.82, 2.24) is 0 Å². The summed E-state index contributed by atoms with van der Waals surface area (Å²) in [5.41, 5.74) is 6.42. The summed E-state index contributed by atoms with van der Waals surface area (Å²) in [4.78, 5) is 2.11. The van der Waals surface area contributed by atoms with E-state index in [4.69, 9.17) is 5.73 Å². The predicted molar refractivity (Wildman–Crippen MR) is 79.2 cm³/mol. The summed E-state index contributed by atoms with van der Waals surface area (Å²) in [7, 11) is 1.96. The Hall–Kier alpha value is -1.23. The third-order valence-electron chi connectivity index (χ3n) is 4.46. The lowest BCUT2D eigenvalue weighted by molar-refractivity contribution is -0.137. The molecular weight excluding hydrogens is 277 g/mol. The van der Waals surface area contributed by atoms with Gasteiger partial charge in [0.15, 0.2) is 0 Å². The second-order valence-corrected chi connectivity index (χ2v) is 6.08. The average Bonchev–Trinajstić information content (AvgIpc) is 2.45. The van der Waals surface area contributed by atoms with Crippen LogP contribution in [0.4, 0.5) is 18.9 Å². The molecule has 0 saturated heterocycles. The first-order chi connectivity index (χ1) is 9.82. The fourth-order valence-electron chi connectivity index (χ4n) is 3.22. The van der Waals surface area contributed by atoms with Crippen molar-refractivity contribution in [3.63, 3.8) is 0 Å². The van der Waals surface area contributed by atoms with Gasteiger partial charge in [-0.05, 0) is 42.5 Å². The SMILES string of the molecule is CC1CCCC(N(C)c2ccc(C(F)(F)F)cc2CN)C1. The van der Waals surface area contributed by atoms with Crippen LogP contribution in [0.25, 0.3) is 0 Å². The highest BCUT2D eigenvalue weighted by atomic mass is 19.4. The highest BCUT2D eigenvalue weighted by Gasteiger charge is 2.31. The van der Waals surface area contributed by atoms with Crippen LogP contribution in [0.15, 0.2) is 18.2 Å². The summed E-state index contributed by atoms with van der Waals surface area (Å²) in [5.74, 6) is 0.668. The zero-order chi connectivity index (χ0) is 15.6. The van der Waals surface area contributed by atoms with Crippen LogP contribution >= 0.6 is 0 Å². The summed E-state index contributed by atoms with van der Waals surface area (Å²) in [5, 5.41) is 0. The zero-order valence-corrected chi connectivity index (χ0v) is 12.6. The molecule has 0 aliphatic heterocycles. The normalized spacial score (nSPS) is 23.1. The van der Waals surface area contributed by atoms with Crippen LogP contribution in [-0.2, 0) is 12.7 Å². The minimum Gasteiger partial charge on any atom is -0.371 e. The quantitative estimate of drug-likeness (QED) is 0.907. The number of hydrogen-bond donors (Lipinski definition) is 1. The third-order valence-corrected chi connectivity index (χ3v) is 4.46. The third kappa shape index (κ3) is 3.70. The van der Waals surface area contributed by atoms with Gasteiger partial charge in [-0.1, -0.05) is 19.8 Å². The topological polar surface area (TPSA) is 29.3 Å². The van der Waals surface area contributed by atoms with Crippen molar-refractivity contribution in [3.05, 3.63) is 29.3 Å². The molecule has 1 aliphatic carbocycles. The van der Waals surface area contributed by atoms with Crippen molar-refractivity contribution < 1.29 is 13.2 Å². The summed E-state index contributed by atoms with van der Waals surface area (Å²) in [6, 6.07) is 4.27. The van der Waals surface area contributed by atoms with E-state index in [0.717, 1.165) is 24.6 Å². The van der Waals surface area contributed by atoms with Gasteiger partial charge in [-0.15, -0.1) is 0 Å². The molecule has 1 aliphatic rings. The Labute approximate surface area is 124 Å². The van der Waals surface area contributed by atoms with E-state index in [0.29, 0.717) is 17.5 Å². The van der Waals surface area contributed by atoms with E-state index in [1.54, 1.807) is 6.07 Å². The van der Waals surface area contributed by atoms with Gasteiger partial charge in [0.2, 0.25) is 0 Å². The van der Waals surface area contributed by atoms with Crippen molar-refractivity contribution in [3.8, 4) is 0 Å². The largest absolute Gasteiger partial charge is 0.416 e. The van der Waals surface area contributed by atoms with Crippen LogP contribution in [0.5, 0.6) is 0 Å². The first-order valence-electron chi connectivity index (χ1n) is 7.46. The standard InChI is InChI=1S/C16H23F3N2/c1-11-4-3-5-14(8-11)21(2)15-7-6-13(16(17,18)19)9-12(15)10-20/h6-7,9,11,14H,3-5,8,10,20H2,1-2H3. The second kappa shape index (κ2) is 6.26. The molecule has 2 nitrogen and oxygen atoms in total. The number of halogens is 3. The number of nitrogens with two attached hydrogens (primary N) is 1. The molecule has 0 heterocycles. The van der Waals surface area contributed by atoms with Gasteiger partial charge in [0.25, 0.3) is 0 Å². The van der Waals surface area contributed by atoms with Crippen molar-refractivity contribution in [2.24, 2.45) is 11.7 Å². The van der Waals surface area contributed by atoms with Crippen molar-refractivity contribution in [2.75, 3.05) is 11.9 Å². The van der Waals surface area contributed by atoms with Crippen LogP contribution in [-0.4, -0.2) is 13.1 Å². The van der Waals surface area contributed by atoms with E-state index in [1.165, 1.54) is 18.9 Å². The molecule has 1 aromatic rings. The Morgan fingerprint density at radius 2 is 2.00 bits per heavy atom. The second-order valence-electron chi connectivity index (χ2n) is 6.08. The average molecular weight is 300 g/mol. The number of hydrogen-bond acceptors (Lipinski definition) is 2. The van der Waals surface area contributed by atoms with E-state index >= 15 is 0 Å². The molecule has 1 fully saturated rings. The molecule has 1 aromatic carbocycles. The summed E-state index contributed by atoms with van der Waals surface area (Å²) < 4.78 is 38.4. The van der Waals surface area contributed by atoms with Crippen LogP contribution in [0.3, 0.4) is 0 Å². The van der Waals surface area contributed by atoms with E-state index < -0.39 is 11.7 Å². The molecule has 0 radical (unpaired) electrons. The van der Waals surface area contributed by atoms with E-state index in [9.17, 15) is 13.2 Å². The maximum absolute atomic E-state index is 12.8. The van der Waals surface area contributed by atoms with Crippen LogP contribution in [0, 0.1) is 5.92 Å². The molecular formula is C16H23F3N2. The molecule has 118 valence electrons. The number of nitrogens with zero attached hydrogens (tertiary/aromatic N) is 1. The van der Waals surface area contributed by atoms with E-state index in [-0.39, 0.29) is 6.54 Å². The van der Waals surface area contributed by atoms with Gasteiger partial charge >= 0.3 is 6.18 Å². The molecule has 2 unspecified atom stereocenters. The van der Waals surface area contributed by atoms with Gasteiger partial charge in [0.05, 0.1) is 5.56 Å². The van der Waals surface area contributed by atoms with Crippen molar-refractivity contribution >= 4 is 5.69 Å². The predicted octanol–water partition coefficient (Wildman–Crippen LogP) is 4.18. The molecule has 1 saturated carbocycles. The number of benzene rings is 1. The minimum atomic E-state index is -4.32. The highest BCUT2D eigenvalue weighted by molar-refractivity contribution is 5.55. The number of alkyl halides is 3. The Kier molecular flexibility index (Phi) is 4.81. The van der Waals surface area contributed by atoms with Crippen molar-refractivity contribution in [2.45, 2.75) is 51.4 Å². The minimum absolute atomic E-state index is 0.117. The molecule has 2 N–H and O–H groups in total. The molecule has 5 heteroatoms. The van der Waals surface area contributed by atoms with Gasteiger partial charge < -0.3 is 10.6 Å². The monoisotopic (exact) mass is 300 g/mol. The summed E-state index contributed by atoms with van der Waals surface area (Å²) >= 11 is 0. The maximum atomic E-state index is 12.8. The first kappa shape index (κ1) is 16.1. The summed E-state index contributed by atoms with van der Waals surface area (Å²) in [6.45, 7) is 2.35. The van der Waals surface area contributed by atoms with Gasteiger partial charge in [0, 0.05) is 25.3 Å². The molecule has 0 bridgehead atoms. The lowest BCUT2D eigenvalue weighted by Crippen LogP contribution is -2.36. The molecule has 0 amide bonds. The Morgan fingerprint density at radius 1 is 1.29 bits per heavy atom. The lowest BCUT2D eigenvalue weighted by Gasteiger charge is -2.36. The fraction of sp³-hybridized carbons (Fsp3) is 0.625. The Balaban J connectivity index is 2.26. The van der Waals surface area contributed by atoms with E-state index in [1.807, 2.05) is 7.05 Å². The Morgan fingerprint density at radius 3 is 2.57 bits per heavy atom. The van der Waals surface area contributed by atoms with Crippen LogP contribution < -0.4 is 10.6 Å². The first-order valence-corrected chi connectivity index (χ1v) is 7.46. The highest BCUT2D eigenvalue weighted by Crippen LogP contribution is 2.35. The maximum Gasteiger partial charge on any atom is 0.416 e. The summed E-state index contributed by atoms with van der Waals surface area (Å²) in [6.07, 6.45) is 0.268. The molecule has 2 rings (SSSR count). The fourth-order valence-corrected chi connectivity index (χ4v) is 3.22. The molecule has 21 heavy (non-hydrogen) atoms. The van der Waals surface area contributed by atoms with Gasteiger partial charge in [-0.2, -0.15) is 13.2 Å². The van der Waals surface area contributed by atoms with Gasteiger partial charge in [-0.3, -0.25) is 0 Å². The van der Waals surface area contributed by atoms with Gasteiger partial charge in [0.1, 0.15) is 0 Å². The van der Waals surface area contributed by atoms with Gasteiger partial charge in [-0.25, -0.2) is 0 Å². The Bertz CT molecular complexity index is 485. The molecule has 2 atom stereocenters. The smallest absolute Gasteiger partial charge is 0.371 e. The molecule has 0 spiro atoms. The van der Waals surface area contributed by atoms with Crippen LogP contribution in [0.1, 0.15) is 43.7 Å². The zero-order valence-electron chi connectivity index (χ0n) is 12.6. The lowest BCUT2D eigenvalue weighted by atomic mass is 9.86. The number of rotatable bonds is 3. The van der Waals surface area contributed by atoms with Crippen molar-refractivity contribution in [1.29, 1.82) is 0 Å². The van der Waals surface area contributed by atoms with E-state index in [2.05, 4.69) is 11.8 Å². The van der Waals surface area contributed by atoms with Crippen LogP contribution in [0.2, 0.25) is 0 Å². The molecule has 0 aromatic heterocycles. The number of anilines is 1.